The standard InChI is InChI=1S/C38H36FN3O3S/c39-35-20-16-32(17-21-35)33-18-22-37(23-19-33)46(44,45)42(27-29-5-4-24-40-25-29)26-28-8-10-30(11-9-28)31-12-14-34(15-13-31)38(43)41-36-6-2-1-3-7-36/h4-5,8-25,36H,1-3,6-7,26-27H2,(H,41,43). The Labute approximate surface area is 270 Å². The van der Waals surface area contributed by atoms with Crippen LogP contribution in [0.1, 0.15) is 53.6 Å². The highest BCUT2D eigenvalue weighted by atomic mass is 32.2. The summed E-state index contributed by atoms with van der Waals surface area (Å²) in [6.07, 6.45) is 8.99. The van der Waals surface area contributed by atoms with Crippen LogP contribution in [0.3, 0.4) is 0 Å². The second kappa shape index (κ2) is 14.2. The number of hydrogen-bond acceptors (Lipinski definition) is 4. The van der Waals surface area contributed by atoms with Gasteiger partial charge in [0.25, 0.3) is 5.91 Å². The minimum absolute atomic E-state index is 0.0335. The molecule has 1 aliphatic carbocycles. The maximum Gasteiger partial charge on any atom is 0.251 e. The molecule has 1 saturated carbocycles. The van der Waals surface area contributed by atoms with E-state index in [0.29, 0.717) is 5.56 Å². The first-order chi connectivity index (χ1) is 22.3. The van der Waals surface area contributed by atoms with Gasteiger partial charge in [-0.1, -0.05) is 86.0 Å². The highest BCUT2D eigenvalue weighted by Crippen LogP contribution is 2.27. The van der Waals surface area contributed by atoms with Crippen molar-refractivity contribution in [3.05, 3.63) is 144 Å². The third kappa shape index (κ3) is 7.58. The molecule has 46 heavy (non-hydrogen) atoms. The van der Waals surface area contributed by atoms with Crippen LogP contribution in [-0.4, -0.2) is 29.7 Å². The molecule has 4 aromatic carbocycles. The number of pyridine rings is 1. The SMILES string of the molecule is O=C(NC1CCCCC1)c1ccc(-c2ccc(CN(Cc3cccnc3)S(=O)(=O)c3ccc(-c4ccc(F)cc4)cc3)cc2)cc1. The summed E-state index contributed by atoms with van der Waals surface area (Å²) in [5.41, 5.74) is 5.80. The molecule has 1 amide bonds. The lowest BCUT2D eigenvalue weighted by atomic mass is 9.95. The van der Waals surface area contributed by atoms with Crippen LogP contribution in [-0.2, 0) is 23.1 Å². The van der Waals surface area contributed by atoms with E-state index in [0.717, 1.165) is 46.2 Å². The molecule has 1 heterocycles. The van der Waals surface area contributed by atoms with E-state index in [2.05, 4.69) is 10.3 Å². The van der Waals surface area contributed by atoms with Gasteiger partial charge in [-0.25, -0.2) is 12.8 Å². The molecule has 0 unspecified atom stereocenters. The first kappa shape index (κ1) is 31.3. The molecule has 0 radical (unpaired) electrons. The van der Waals surface area contributed by atoms with Gasteiger partial charge in [-0.2, -0.15) is 4.31 Å². The van der Waals surface area contributed by atoms with Crippen LogP contribution in [0.25, 0.3) is 22.3 Å². The van der Waals surface area contributed by atoms with Crippen LogP contribution in [0.5, 0.6) is 0 Å². The van der Waals surface area contributed by atoms with E-state index in [1.165, 1.54) is 35.7 Å². The fourth-order valence-electron chi connectivity index (χ4n) is 5.87. The zero-order valence-corrected chi connectivity index (χ0v) is 26.3. The van der Waals surface area contributed by atoms with Gasteiger partial charge in [-0.05, 0) is 88.7 Å². The van der Waals surface area contributed by atoms with Gasteiger partial charge in [0.15, 0.2) is 0 Å². The maximum atomic E-state index is 14.0. The van der Waals surface area contributed by atoms with Gasteiger partial charge in [-0.3, -0.25) is 9.78 Å². The van der Waals surface area contributed by atoms with Crippen molar-refractivity contribution in [1.29, 1.82) is 0 Å². The number of aromatic nitrogens is 1. The fourth-order valence-corrected chi connectivity index (χ4v) is 7.28. The van der Waals surface area contributed by atoms with Gasteiger partial charge in [0.2, 0.25) is 10.0 Å². The molecule has 0 spiro atoms. The van der Waals surface area contributed by atoms with Crippen molar-refractivity contribution in [2.24, 2.45) is 0 Å². The number of carbonyl (C=O) groups excluding carboxylic acids is 1. The lowest BCUT2D eigenvalue weighted by molar-refractivity contribution is 0.0927. The smallest absolute Gasteiger partial charge is 0.251 e. The van der Waals surface area contributed by atoms with Crippen LogP contribution in [0.15, 0.2) is 126 Å². The highest BCUT2D eigenvalue weighted by Gasteiger charge is 2.25. The van der Waals surface area contributed by atoms with Crippen molar-refractivity contribution in [2.75, 3.05) is 0 Å². The molecule has 8 heteroatoms. The van der Waals surface area contributed by atoms with Gasteiger partial charge in [0.1, 0.15) is 5.82 Å². The number of halogens is 1. The number of rotatable bonds is 10. The van der Waals surface area contributed by atoms with E-state index in [1.54, 1.807) is 54.9 Å². The number of nitrogens with one attached hydrogen (secondary N) is 1. The number of carbonyl (C=O) groups is 1. The Hall–Kier alpha value is -4.66. The molecule has 5 aromatic rings. The number of benzene rings is 4. The molecule has 0 saturated heterocycles. The van der Waals surface area contributed by atoms with Crippen LogP contribution in [0, 0.1) is 5.82 Å². The minimum Gasteiger partial charge on any atom is -0.349 e. The van der Waals surface area contributed by atoms with Gasteiger partial charge in [0, 0.05) is 37.1 Å². The summed E-state index contributed by atoms with van der Waals surface area (Å²) in [4.78, 5) is 17.1. The highest BCUT2D eigenvalue weighted by molar-refractivity contribution is 7.89. The number of amides is 1. The minimum atomic E-state index is -3.88. The van der Waals surface area contributed by atoms with Crippen molar-refractivity contribution in [3.63, 3.8) is 0 Å². The summed E-state index contributed by atoms with van der Waals surface area (Å²) in [6, 6.07) is 32.1. The summed E-state index contributed by atoms with van der Waals surface area (Å²) in [5, 5.41) is 3.16. The third-order valence-corrected chi connectivity index (χ3v) is 10.3. The molecule has 6 nitrogen and oxygen atoms in total. The molecular formula is C38H36FN3O3S. The second-order valence-corrected chi connectivity index (χ2v) is 13.7. The quantitative estimate of drug-likeness (QED) is 0.169. The zero-order valence-electron chi connectivity index (χ0n) is 25.5. The Morgan fingerprint density at radius 2 is 1.26 bits per heavy atom. The second-order valence-electron chi connectivity index (χ2n) is 11.7. The molecule has 1 aromatic heterocycles. The zero-order chi connectivity index (χ0) is 31.9. The fraction of sp³-hybridized carbons (Fsp3) is 0.211. The van der Waals surface area contributed by atoms with E-state index in [4.69, 9.17) is 0 Å². The maximum absolute atomic E-state index is 14.0. The summed E-state index contributed by atoms with van der Waals surface area (Å²) in [5.74, 6) is -0.358. The summed E-state index contributed by atoms with van der Waals surface area (Å²) >= 11 is 0. The predicted octanol–water partition coefficient (Wildman–Crippen LogP) is 8.01. The molecule has 1 aliphatic rings. The van der Waals surface area contributed by atoms with E-state index >= 15 is 0 Å². The van der Waals surface area contributed by atoms with Gasteiger partial charge in [-0.15, -0.1) is 0 Å². The predicted molar refractivity (Wildman–Crippen MR) is 179 cm³/mol. The van der Waals surface area contributed by atoms with Crippen molar-refractivity contribution in [2.45, 2.75) is 56.1 Å². The van der Waals surface area contributed by atoms with E-state index in [-0.39, 0.29) is 35.8 Å². The van der Waals surface area contributed by atoms with E-state index in [9.17, 15) is 17.6 Å². The Morgan fingerprint density at radius 1 is 0.717 bits per heavy atom. The monoisotopic (exact) mass is 633 g/mol. The number of sulfonamides is 1. The van der Waals surface area contributed by atoms with Crippen molar-refractivity contribution in [3.8, 4) is 22.3 Å². The third-order valence-electron chi connectivity index (χ3n) is 8.49. The molecule has 0 bridgehead atoms. The van der Waals surface area contributed by atoms with Crippen molar-refractivity contribution in [1.82, 2.24) is 14.6 Å². The van der Waals surface area contributed by atoms with Crippen molar-refractivity contribution >= 4 is 15.9 Å². The Bertz CT molecular complexity index is 1860. The molecule has 1 fully saturated rings. The molecule has 0 aliphatic heterocycles. The molecular weight excluding hydrogens is 598 g/mol. The average Bonchev–Trinajstić information content (AvgIpc) is 3.10. The topological polar surface area (TPSA) is 79.4 Å². The van der Waals surface area contributed by atoms with Crippen LogP contribution in [0.4, 0.5) is 4.39 Å². The summed E-state index contributed by atoms with van der Waals surface area (Å²) < 4.78 is 42.7. The van der Waals surface area contributed by atoms with Crippen LogP contribution < -0.4 is 5.32 Å². The summed E-state index contributed by atoms with van der Waals surface area (Å²) in [6.45, 7) is 0.319. The largest absolute Gasteiger partial charge is 0.349 e. The molecule has 0 atom stereocenters. The molecule has 1 N–H and O–H groups in total. The van der Waals surface area contributed by atoms with Gasteiger partial charge in [0.05, 0.1) is 4.90 Å². The molecule has 6 rings (SSSR count). The average molecular weight is 634 g/mol. The first-order valence-electron chi connectivity index (χ1n) is 15.6. The van der Waals surface area contributed by atoms with Crippen LogP contribution >= 0.6 is 0 Å². The summed E-state index contributed by atoms with van der Waals surface area (Å²) in [7, 11) is -3.88. The Kier molecular flexibility index (Phi) is 9.66. The van der Waals surface area contributed by atoms with Gasteiger partial charge < -0.3 is 5.32 Å². The Balaban J connectivity index is 1.18. The van der Waals surface area contributed by atoms with Crippen LogP contribution in [0.2, 0.25) is 0 Å². The van der Waals surface area contributed by atoms with Gasteiger partial charge >= 0.3 is 0 Å². The number of hydrogen-bond donors (Lipinski definition) is 1. The molecule has 234 valence electrons. The lowest BCUT2D eigenvalue weighted by Gasteiger charge is -2.23. The Morgan fingerprint density at radius 3 is 1.85 bits per heavy atom. The first-order valence-corrected chi connectivity index (χ1v) is 17.0. The number of nitrogens with zero attached hydrogens (tertiary/aromatic N) is 2. The normalized spacial score (nSPS) is 13.9. The van der Waals surface area contributed by atoms with Crippen molar-refractivity contribution < 1.29 is 17.6 Å². The lowest BCUT2D eigenvalue weighted by Crippen LogP contribution is -2.36. The van der Waals surface area contributed by atoms with E-state index < -0.39 is 10.0 Å². The van der Waals surface area contributed by atoms with E-state index in [1.807, 2.05) is 54.6 Å².